The van der Waals surface area contributed by atoms with Gasteiger partial charge in [-0.05, 0) is 32.6 Å². The minimum Gasteiger partial charge on any atom is -0.392 e. The number of aliphatic hydroxyl groups excluding tert-OH is 1. The van der Waals surface area contributed by atoms with Crippen molar-refractivity contribution >= 4 is 16.7 Å². The Morgan fingerprint density at radius 1 is 1.24 bits per heavy atom. The van der Waals surface area contributed by atoms with E-state index in [2.05, 4.69) is 4.40 Å². The minimum absolute atomic E-state index is 0.196. The van der Waals surface area contributed by atoms with Crippen LogP contribution >= 0.6 is 0 Å². The molecule has 1 N–H and O–H groups in total. The van der Waals surface area contributed by atoms with Gasteiger partial charge in [-0.25, -0.2) is 4.21 Å². The number of hydrogen-bond donors (Lipinski definition) is 1. The highest BCUT2D eigenvalue weighted by atomic mass is 32.2. The molecule has 0 rings (SSSR count). The topological polar surface area (TPSA) is 49.7 Å². The fourth-order valence-corrected chi connectivity index (χ4v) is 1.84. The molecule has 0 amide bonds. The van der Waals surface area contributed by atoms with Crippen molar-refractivity contribution in [3.05, 3.63) is 0 Å². The first-order valence-corrected chi connectivity index (χ1v) is 7.34. The van der Waals surface area contributed by atoms with Gasteiger partial charge in [0.15, 0.2) is 0 Å². The Kier molecular flexibility index (Phi) is 6.56. The molecule has 1 unspecified atom stereocenters. The summed E-state index contributed by atoms with van der Waals surface area (Å²) in [4.78, 5) is 0. The molecule has 0 radical (unpaired) electrons. The van der Waals surface area contributed by atoms with E-state index in [1.54, 1.807) is 0 Å². The van der Waals surface area contributed by atoms with Gasteiger partial charge >= 0.3 is 0 Å². The molecule has 0 saturated heterocycles. The fraction of sp³-hybridized carbons (Fsp3) is 0.923. The zero-order valence-electron chi connectivity index (χ0n) is 12.2. The van der Waals surface area contributed by atoms with Gasteiger partial charge in [0.2, 0.25) is 0 Å². The third-order valence-electron chi connectivity index (χ3n) is 2.58. The predicted octanol–water partition coefficient (Wildman–Crippen LogP) is 2.95. The van der Waals surface area contributed by atoms with Crippen LogP contribution in [0.25, 0.3) is 0 Å². The monoisotopic (exact) mass is 261 g/mol. The van der Waals surface area contributed by atoms with Gasteiger partial charge in [-0.2, -0.15) is 4.40 Å². The van der Waals surface area contributed by atoms with Gasteiger partial charge in [0.1, 0.15) is 11.0 Å². The molecule has 17 heavy (non-hydrogen) atoms. The summed E-state index contributed by atoms with van der Waals surface area (Å²) < 4.78 is 15.9. The Balaban J connectivity index is 4.87. The van der Waals surface area contributed by atoms with E-state index < -0.39 is 17.1 Å². The van der Waals surface area contributed by atoms with Crippen molar-refractivity contribution in [2.24, 2.45) is 16.2 Å². The lowest BCUT2D eigenvalue weighted by molar-refractivity contribution is 0.132. The molecule has 0 aliphatic carbocycles. The van der Waals surface area contributed by atoms with E-state index in [0.717, 1.165) is 5.71 Å². The number of hydrogen-bond acceptors (Lipinski definition) is 2. The zero-order valence-corrected chi connectivity index (χ0v) is 13.0. The molecule has 4 heteroatoms. The van der Waals surface area contributed by atoms with E-state index in [0.29, 0.717) is 6.42 Å². The van der Waals surface area contributed by atoms with Gasteiger partial charge in [0.05, 0.1) is 10.9 Å². The normalized spacial score (nSPS) is 17.6. The third kappa shape index (κ3) is 6.32. The Bertz CT molecular complexity index is 290. The van der Waals surface area contributed by atoms with Crippen LogP contribution in [0, 0.1) is 11.8 Å². The first-order chi connectivity index (χ1) is 7.55. The number of aliphatic hydroxyl groups is 1. The lowest BCUT2D eigenvalue weighted by Gasteiger charge is -2.20. The molecule has 0 aliphatic rings. The number of nitrogens with zero attached hydrogens (tertiary/aromatic N) is 1. The Labute approximate surface area is 108 Å². The van der Waals surface area contributed by atoms with Crippen LogP contribution in [-0.4, -0.2) is 25.9 Å². The van der Waals surface area contributed by atoms with Crippen molar-refractivity contribution in [2.45, 2.75) is 65.7 Å². The van der Waals surface area contributed by atoms with Gasteiger partial charge in [0.25, 0.3) is 0 Å². The van der Waals surface area contributed by atoms with Crippen LogP contribution in [0.3, 0.4) is 0 Å². The van der Waals surface area contributed by atoms with Crippen LogP contribution in [0.15, 0.2) is 4.40 Å². The Hall–Kier alpha value is -0.220. The molecule has 0 fully saturated rings. The van der Waals surface area contributed by atoms with Gasteiger partial charge in [-0.15, -0.1) is 0 Å². The first kappa shape index (κ1) is 16.8. The quantitative estimate of drug-likeness (QED) is 0.774. The van der Waals surface area contributed by atoms with Gasteiger partial charge in [0, 0.05) is 12.1 Å². The second-order valence-corrected chi connectivity index (χ2v) is 8.02. The summed E-state index contributed by atoms with van der Waals surface area (Å²) in [5, 5.41) is 9.88. The fourth-order valence-electron chi connectivity index (χ4n) is 1.07. The van der Waals surface area contributed by atoms with E-state index in [1.807, 2.05) is 48.5 Å². The highest BCUT2D eigenvalue weighted by Crippen LogP contribution is 2.17. The third-order valence-corrected chi connectivity index (χ3v) is 4.03. The van der Waals surface area contributed by atoms with Crippen molar-refractivity contribution in [3.63, 3.8) is 0 Å². The largest absolute Gasteiger partial charge is 0.392 e. The highest BCUT2D eigenvalue weighted by Gasteiger charge is 2.22. The Morgan fingerprint density at radius 2 is 1.71 bits per heavy atom. The second kappa shape index (κ2) is 6.64. The van der Waals surface area contributed by atoms with Crippen molar-refractivity contribution in [1.29, 1.82) is 0 Å². The zero-order chi connectivity index (χ0) is 13.8. The molecule has 2 atom stereocenters. The molecular weight excluding hydrogens is 234 g/mol. The van der Waals surface area contributed by atoms with E-state index in [1.165, 1.54) is 0 Å². The molecule has 0 aromatic rings. The molecule has 102 valence electrons. The van der Waals surface area contributed by atoms with E-state index in [4.69, 9.17) is 0 Å². The highest BCUT2D eigenvalue weighted by molar-refractivity contribution is 7.85. The molecule has 0 heterocycles. The smallest absolute Gasteiger partial charge is 0.144 e. The van der Waals surface area contributed by atoms with Crippen molar-refractivity contribution in [3.8, 4) is 0 Å². The molecular formula is C13H27NO2S. The summed E-state index contributed by atoms with van der Waals surface area (Å²) >= 11 is 0. The van der Waals surface area contributed by atoms with Crippen LogP contribution in [0.5, 0.6) is 0 Å². The summed E-state index contributed by atoms with van der Waals surface area (Å²) in [6, 6.07) is 0. The standard InChI is InChI=1S/C13H27NO2S/c1-9(2)11(8-12(15)10(3)4)14-17(16)13(5,6)7/h9-10,12,15H,8H2,1-7H3/b14-11+/t12-,17?/m0/s1. The second-order valence-electron chi connectivity index (χ2n) is 6.11. The predicted molar refractivity (Wildman–Crippen MR) is 75.6 cm³/mol. The van der Waals surface area contributed by atoms with Crippen molar-refractivity contribution in [2.75, 3.05) is 0 Å². The SMILES string of the molecule is CC(C)/C(C[C@H](O)C(C)C)=N/S(=O)C(C)(C)C. The Morgan fingerprint density at radius 3 is 2.00 bits per heavy atom. The molecule has 0 spiro atoms. The lowest BCUT2D eigenvalue weighted by Crippen LogP contribution is -2.26. The minimum atomic E-state index is -1.24. The van der Waals surface area contributed by atoms with E-state index in [9.17, 15) is 9.32 Å². The molecule has 0 aromatic carbocycles. The molecule has 3 nitrogen and oxygen atoms in total. The summed E-state index contributed by atoms with van der Waals surface area (Å²) in [5.41, 5.74) is 0.847. The van der Waals surface area contributed by atoms with Gasteiger partial charge in [-0.3, -0.25) is 0 Å². The maximum absolute atomic E-state index is 12.0. The molecule has 0 bridgehead atoms. The number of rotatable bonds is 5. The first-order valence-electron chi connectivity index (χ1n) is 6.23. The molecule has 0 aromatic heterocycles. The maximum atomic E-state index is 12.0. The van der Waals surface area contributed by atoms with E-state index in [-0.39, 0.29) is 16.6 Å². The molecule has 0 saturated carbocycles. The van der Waals surface area contributed by atoms with E-state index >= 15 is 0 Å². The van der Waals surface area contributed by atoms with Gasteiger partial charge < -0.3 is 5.11 Å². The van der Waals surface area contributed by atoms with Crippen LogP contribution in [-0.2, 0) is 11.0 Å². The average Bonchev–Trinajstić information content (AvgIpc) is 2.14. The van der Waals surface area contributed by atoms with Crippen LogP contribution < -0.4 is 0 Å². The van der Waals surface area contributed by atoms with Crippen LogP contribution in [0.1, 0.15) is 54.9 Å². The maximum Gasteiger partial charge on any atom is 0.144 e. The summed E-state index contributed by atoms with van der Waals surface area (Å²) in [7, 11) is -1.24. The van der Waals surface area contributed by atoms with Crippen LogP contribution in [0.4, 0.5) is 0 Å². The van der Waals surface area contributed by atoms with Crippen LogP contribution in [0.2, 0.25) is 0 Å². The van der Waals surface area contributed by atoms with Crippen molar-refractivity contribution < 1.29 is 9.32 Å². The molecule has 0 aliphatic heterocycles. The van der Waals surface area contributed by atoms with Crippen molar-refractivity contribution in [1.82, 2.24) is 0 Å². The lowest BCUT2D eigenvalue weighted by atomic mass is 9.96. The summed E-state index contributed by atoms with van der Waals surface area (Å²) in [6.45, 7) is 13.7. The summed E-state index contributed by atoms with van der Waals surface area (Å²) in [5.74, 6) is 0.414. The average molecular weight is 261 g/mol. The summed E-state index contributed by atoms with van der Waals surface area (Å²) in [6.07, 6.45) is 0.102. The van der Waals surface area contributed by atoms with Gasteiger partial charge in [-0.1, -0.05) is 27.7 Å².